The van der Waals surface area contributed by atoms with Crippen molar-refractivity contribution in [3.8, 4) is 0 Å². The molecule has 1 unspecified atom stereocenters. The van der Waals surface area contributed by atoms with E-state index in [0.717, 1.165) is 69.6 Å². The smallest absolute Gasteiger partial charge is 0.306 e. The molecule has 0 bridgehead atoms. The maximum atomic E-state index is 12.9. The Morgan fingerprint density at radius 1 is 0.284 bits per heavy atom. The maximum absolute atomic E-state index is 12.9. The summed E-state index contributed by atoms with van der Waals surface area (Å²) in [5.74, 6) is 0.922. The second-order valence-corrected chi connectivity index (χ2v) is 24.2. The Bertz CT molecular complexity index is 1140. The number of carbonyl (C=O) groups excluding carboxylic acids is 3. The lowest BCUT2D eigenvalue weighted by atomic mass is 9.99. The third-order valence-electron chi connectivity index (χ3n) is 16.1. The zero-order chi connectivity index (χ0) is 53.9. The van der Waals surface area contributed by atoms with E-state index in [0.29, 0.717) is 19.3 Å². The van der Waals surface area contributed by atoms with Gasteiger partial charge in [0.25, 0.3) is 0 Å². The van der Waals surface area contributed by atoms with E-state index in [2.05, 4.69) is 34.6 Å². The van der Waals surface area contributed by atoms with Gasteiger partial charge >= 0.3 is 17.9 Å². The number of esters is 3. The highest BCUT2D eigenvalue weighted by molar-refractivity contribution is 5.71. The van der Waals surface area contributed by atoms with Crippen molar-refractivity contribution in [2.24, 2.45) is 11.8 Å². The lowest BCUT2D eigenvalue weighted by molar-refractivity contribution is -0.167. The molecule has 0 spiro atoms. The number of ether oxygens (including phenoxy) is 3. The summed E-state index contributed by atoms with van der Waals surface area (Å²) in [7, 11) is 0. The van der Waals surface area contributed by atoms with Crippen molar-refractivity contribution in [1.29, 1.82) is 0 Å². The Morgan fingerprint density at radius 3 is 0.770 bits per heavy atom. The van der Waals surface area contributed by atoms with Crippen LogP contribution in [0.25, 0.3) is 0 Å². The molecule has 2 atom stereocenters. The molecule has 0 heterocycles. The van der Waals surface area contributed by atoms with Crippen LogP contribution in [0.15, 0.2) is 0 Å². The van der Waals surface area contributed by atoms with Crippen LogP contribution in [0.1, 0.15) is 388 Å². The van der Waals surface area contributed by atoms with Crippen molar-refractivity contribution in [2.75, 3.05) is 13.2 Å². The van der Waals surface area contributed by atoms with Gasteiger partial charge in [-0.05, 0) is 31.1 Å². The summed E-state index contributed by atoms with van der Waals surface area (Å²) >= 11 is 0. The Kier molecular flexibility index (Phi) is 59.3. The van der Waals surface area contributed by atoms with Crippen molar-refractivity contribution < 1.29 is 28.6 Å². The van der Waals surface area contributed by atoms with Crippen LogP contribution in [0.4, 0.5) is 0 Å². The standard InChI is InChI=1S/C68H132O6/c1-6-8-9-10-11-12-13-14-15-16-20-24-29-35-40-45-50-55-60-68(71)74-65(62-73-67(70)59-54-49-44-39-34-30-25-26-31-36-41-46-51-56-63(3)4)61-72-66(69)58-53-48-43-38-33-28-23-21-18-17-19-22-27-32-37-42-47-52-57-64(5)7-2/h63-65H,6-62H2,1-5H3/t64?,65-/m1/s1. The van der Waals surface area contributed by atoms with Gasteiger partial charge in [-0.25, -0.2) is 0 Å². The second-order valence-electron chi connectivity index (χ2n) is 24.2. The molecule has 0 aromatic carbocycles. The van der Waals surface area contributed by atoms with Gasteiger partial charge in [-0.3, -0.25) is 14.4 Å². The molecule has 6 heteroatoms. The van der Waals surface area contributed by atoms with Gasteiger partial charge < -0.3 is 14.2 Å². The first-order valence-corrected chi connectivity index (χ1v) is 33.8. The predicted octanol–water partition coefficient (Wildman–Crippen LogP) is 22.8. The van der Waals surface area contributed by atoms with Gasteiger partial charge in [-0.15, -0.1) is 0 Å². The van der Waals surface area contributed by atoms with Crippen LogP contribution < -0.4 is 0 Å². The molecule has 0 aliphatic carbocycles. The highest BCUT2D eigenvalue weighted by Gasteiger charge is 2.20. The van der Waals surface area contributed by atoms with Crippen LogP contribution in [-0.4, -0.2) is 37.2 Å². The fourth-order valence-corrected chi connectivity index (χ4v) is 10.6. The predicted molar refractivity (Wildman–Crippen MR) is 321 cm³/mol. The van der Waals surface area contributed by atoms with Gasteiger partial charge in [0.2, 0.25) is 0 Å². The fourth-order valence-electron chi connectivity index (χ4n) is 10.6. The summed E-state index contributed by atoms with van der Waals surface area (Å²) in [6, 6.07) is 0. The molecule has 6 nitrogen and oxygen atoms in total. The van der Waals surface area contributed by atoms with Crippen molar-refractivity contribution in [3.05, 3.63) is 0 Å². The van der Waals surface area contributed by atoms with Crippen LogP contribution in [0.2, 0.25) is 0 Å². The van der Waals surface area contributed by atoms with E-state index in [4.69, 9.17) is 14.2 Å². The van der Waals surface area contributed by atoms with E-state index >= 15 is 0 Å². The molecule has 0 aliphatic rings. The maximum Gasteiger partial charge on any atom is 0.306 e. The second kappa shape index (κ2) is 60.6. The SMILES string of the molecule is CCCCCCCCCCCCCCCCCCCCC(=O)O[C@H](COC(=O)CCCCCCCCCCCCCCCCCCCCC(C)CC)COC(=O)CCCCCCCCCCCCCCCC(C)C. The molecular formula is C68H132O6. The molecule has 0 rings (SSSR count). The van der Waals surface area contributed by atoms with Crippen molar-refractivity contribution in [1.82, 2.24) is 0 Å². The normalized spacial score (nSPS) is 12.4. The van der Waals surface area contributed by atoms with E-state index in [1.54, 1.807) is 0 Å². The van der Waals surface area contributed by atoms with Gasteiger partial charge in [0.15, 0.2) is 6.10 Å². The number of hydrogen-bond donors (Lipinski definition) is 0. The Morgan fingerprint density at radius 2 is 0.514 bits per heavy atom. The van der Waals surface area contributed by atoms with Crippen molar-refractivity contribution >= 4 is 17.9 Å². The molecule has 0 aliphatic heterocycles. The number of carbonyl (C=O) groups is 3. The average Bonchev–Trinajstić information content (AvgIpc) is 3.39. The fraction of sp³-hybridized carbons (Fsp3) is 0.956. The first kappa shape index (κ1) is 72.4. The van der Waals surface area contributed by atoms with Crippen molar-refractivity contribution in [3.63, 3.8) is 0 Å². The van der Waals surface area contributed by atoms with E-state index in [9.17, 15) is 14.4 Å². The molecule has 74 heavy (non-hydrogen) atoms. The molecule has 0 amide bonds. The minimum atomic E-state index is -0.764. The third kappa shape index (κ3) is 59.7. The third-order valence-corrected chi connectivity index (χ3v) is 16.1. The largest absolute Gasteiger partial charge is 0.462 e. The van der Waals surface area contributed by atoms with E-state index < -0.39 is 6.10 Å². The van der Waals surface area contributed by atoms with Gasteiger partial charge in [0, 0.05) is 19.3 Å². The summed E-state index contributed by atoms with van der Waals surface area (Å²) in [6.45, 7) is 11.5. The number of unbranched alkanes of at least 4 members (excludes halogenated alkanes) is 46. The van der Waals surface area contributed by atoms with E-state index in [-0.39, 0.29) is 31.1 Å². The highest BCUT2D eigenvalue weighted by atomic mass is 16.6. The summed E-state index contributed by atoms with van der Waals surface area (Å²) in [5, 5.41) is 0. The zero-order valence-electron chi connectivity index (χ0n) is 51.0. The summed E-state index contributed by atoms with van der Waals surface area (Å²) in [6.07, 6.45) is 68.2. The minimum Gasteiger partial charge on any atom is -0.462 e. The molecular weight excluding hydrogens is 913 g/mol. The molecule has 0 radical (unpaired) electrons. The van der Waals surface area contributed by atoms with Crippen LogP contribution in [-0.2, 0) is 28.6 Å². The summed E-state index contributed by atoms with van der Waals surface area (Å²) < 4.78 is 17.0. The topological polar surface area (TPSA) is 78.9 Å². The van der Waals surface area contributed by atoms with Crippen LogP contribution >= 0.6 is 0 Å². The van der Waals surface area contributed by atoms with Crippen LogP contribution in [0.5, 0.6) is 0 Å². The van der Waals surface area contributed by atoms with E-state index in [1.807, 2.05) is 0 Å². The number of rotatable bonds is 62. The van der Waals surface area contributed by atoms with Crippen molar-refractivity contribution in [2.45, 2.75) is 394 Å². The lowest BCUT2D eigenvalue weighted by Gasteiger charge is -2.18. The molecule has 0 saturated heterocycles. The summed E-state index contributed by atoms with van der Waals surface area (Å²) in [4.78, 5) is 38.4. The van der Waals surface area contributed by atoms with Crippen LogP contribution in [0, 0.1) is 11.8 Å². The molecule has 0 fully saturated rings. The van der Waals surface area contributed by atoms with Gasteiger partial charge in [0.05, 0.1) is 0 Å². The minimum absolute atomic E-state index is 0.0615. The Labute approximate surface area is 463 Å². The Balaban J connectivity index is 4.26. The first-order chi connectivity index (χ1) is 36.3. The number of hydrogen-bond acceptors (Lipinski definition) is 6. The van der Waals surface area contributed by atoms with Gasteiger partial charge in [-0.1, -0.05) is 349 Å². The van der Waals surface area contributed by atoms with Gasteiger partial charge in [-0.2, -0.15) is 0 Å². The summed E-state index contributed by atoms with van der Waals surface area (Å²) in [5.41, 5.74) is 0. The highest BCUT2D eigenvalue weighted by Crippen LogP contribution is 2.20. The zero-order valence-corrected chi connectivity index (χ0v) is 51.0. The molecule has 0 aromatic heterocycles. The monoisotopic (exact) mass is 1050 g/mol. The molecule has 0 saturated carbocycles. The molecule has 440 valence electrons. The lowest BCUT2D eigenvalue weighted by Crippen LogP contribution is -2.30. The van der Waals surface area contributed by atoms with Gasteiger partial charge in [0.1, 0.15) is 13.2 Å². The molecule has 0 N–H and O–H groups in total. The van der Waals surface area contributed by atoms with E-state index in [1.165, 1.54) is 276 Å². The first-order valence-electron chi connectivity index (χ1n) is 33.8. The average molecular weight is 1050 g/mol. The Hall–Kier alpha value is -1.59. The quantitative estimate of drug-likeness (QED) is 0.0343. The van der Waals surface area contributed by atoms with Crippen LogP contribution in [0.3, 0.4) is 0 Å². The molecule has 0 aromatic rings.